The summed E-state index contributed by atoms with van der Waals surface area (Å²) in [4.78, 5) is 12.0. The standard InChI is InChI=1S/C15H15BFNO3/c1-3-11(5-4-10(2)17)15(19)18-13-7-6-12-9-21-16(20)14(12)8-13/h3-8,20H,1,9H2,2H3,(H,18,19). The summed E-state index contributed by atoms with van der Waals surface area (Å²) in [6.45, 7) is 5.17. The van der Waals surface area contributed by atoms with E-state index in [1.54, 1.807) is 18.2 Å². The molecular formula is C15H15BFNO3. The topological polar surface area (TPSA) is 58.6 Å². The third-order valence-corrected chi connectivity index (χ3v) is 3.04. The summed E-state index contributed by atoms with van der Waals surface area (Å²) in [6, 6.07) is 5.15. The van der Waals surface area contributed by atoms with Crippen LogP contribution in [0.25, 0.3) is 0 Å². The van der Waals surface area contributed by atoms with Gasteiger partial charge in [0.1, 0.15) is 0 Å². The lowest BCUT2D eigenvalue weighted by molar-refractivity contribution is -0.112. The summed E-state index contributed by atoms with van der Waals surface area (Å²) < 4.78 is 17.8. The third kappa shape index (κ3) is 3.68. The van der Waals surface area contributed by atoms with Gasteiger partial charge in [0, 0.05) is 11.3 Å². The molecule has 0 aliphatic carbocycles. The van der Waals surface area contributed by atoms with E-state index in [-0.39, 0.29) is 5.57 Å². The second kappa shape index (κ2) is 6.52. The molecule has 1 aromatic rings. The molecule has 0 atom stereocenters. The van der Waals surface area contributed by atoms with E-state index in [4.69, 9.17) is 4.65 Å². The number of halogens is 1. The summed E-state index contributed by atoms with van der Waals surface area (Å²) in [6.07, 6.45) is 3.89. The number of anilines is 1. The van der Waals surface area contributed by atoms with Crippen molar-refractivity contribution in [3.8, 4) is 0 Å². The van der Waals surface area contributed by atoms with Gasteiger partial charge in [-0.05, 0) is 42.2 Å². The zero-order chi connectivity index (χ0) is 15.4. The molecule has 1 amide bonds. The summed E-state index contributed by atoms with van der Waals surface area (Å²) >= 11 is 0. The number of rotatable bonds is 4. The number of nitrogens with one attached hydrogen (secondary N) is 1. The van der Waals surface area contributed by atoms with Crippen LogP contribution in [0, 0.1) is 0 Å². The van der Waals surface area contributed by atoms with Crippen molar-refractivity contribution in [3.63, 3.8) is 0 Å². The number of benzene rings is 1. The first-order valence-corrected chi connectivity index (χ1v) is 6.41. The summed E-state index contributed by atoms with van der Waals surface area (Å²) in [5, 5.41) is 12.3. The van der Waals surface area contributed by atoms with Crippen LogP contribution in [0.3, 0.4) is 0 Å². The molecule has 2 rings (SSSR count). The van der Waals surface area contributed by atoms with Crippen LogP contribution in [-0.2, 0) is 16.1 Å². The molecule has 1 aliphatic rings. The predicted molar refractivity (Wildman–Crippen MR) is 80.6 cm³/mol. The van der Waals surface area contributed by atoms with E-state index in [2.05, 4.69) is 11.9 Å². The highest BCUT2D eigenvalue weighted by molar-refractivity contribution is 6.61. The van der Waals surface area contributed by atoms with Crippen molar-refractivity contribution >= 4 is 24.2 Å². The molecule has 4 nitrogen and oxygen atoms in total. The number of carbonyl (C=O) groups excluding carboxylic acids is 1. The van der Waals surface area contributed by atoms with E-state index >= 15 is 0 Å². The van der Waals surface area contributed by atoms with Crippen LogP contribution in [0.4, 0.5) is 10.1 Å². The predicted octanol–water partition coefficient (Wildman–Crippen LogP) is 1.83. The molecule has 21 heavy (non-hydrogen) atoms. The molecule has 0 spiro atoms. The Morgan fingerprint density at radius 2 is 2.29 bits per heavy atom. The average molecular weight is 287 g/mol. The molecule has 0 bridgehead atoms. The summed E-state index contributed by atoms with van der Waals surface area (Å²) in [7, 11) is -0.969. The molecule has 2 N–H and O–H groups in total. The highest BCUT2D eigenvalue weighted by atomic mass is 19.1. The fraction of sp³-hybridized carbons (Fsp3) is 0.133. The lowest BCUT2D eigenvalue weighted by atomic mass is 9.79. The van der Waals surface area contributed by atoms with Crippen molar-refractivity contribution in [2.24, 2.45) is 0 Å². The zero-order valence-electron chi connectivity index (χ0n) is 11.6. The van der Waals surface area contributed by atoms with Crippen LogP contribution < -0.4 is 10.8 Å². The Bertz CT molecular complexity index is 636. The van der Waals surface area contributed by atoms with Crippen molar-refractivity contribution < 1.29 is 18.9 Å². The summed E-state index contributed by atoms with van der Waals surface area (Å²) in [5.74, 6) is -0.809. The molecule has 108 valence electrons. The van der Waals surface area contributed by atoms with Gasteiger partial charge in [-0.1, -0.05) is 18.7 Å². The minimum Gasteiger partial charge on any atom is -0.423 e. The van der Waals surface area contributed by atoms with Crippen molar-refractivity contribution in [3.05, 3.63) is 60.0 Å². The lowest BCUT2D eigenvalue weighted by Crippen LogP contribution is -2.28. The van der Waals surface area contributed by atoms with Crippen molar-refractivity contribution in [1.82, 2.24) is 0 Å². The van der Waals surface area contributed by atoms with Gasteiger partial charge in [0.05, 0.1) is 12.4 Å². The highest BCUT2D eigenvalue weighted by Gasteiger charge is 2.27. The van der Waals surface area contributed by atoms with Crippen molar-refractivity contribution in [1.29, 1.82) is 0 Å². The zero-order valence-corrected chi connectivity index (χ0v) is 11.6. The van der Waals surface area contributed by atoms with Gasteiger partial charge < -0.3 is 15.0 Å². The number of amides is 1. The number of fused-ring (bicyclic) bond motifs is 1. The summed E-state index contributed by atoms with van der Waals surface area (Å²) in [5.41, 5.74) is 2.29. The largest absolute Gasteiger partial charge is 0.491 e. The maximum Gasteiger partial charge on any atom is 0.491 e. The van der Waals surface area contributed by atoms with Crippen LogP contribution >= 0.6 is 0 Å². The second-order valence-electron chi connectivity index (χ2n) is 4.61. The Balaban J connectivity index is 2.16. The lowest BCUT2D eigenvalue weighted by Gasteiger charge is -2.07. The smallest absolute Gasteiger partial charge is 0.423 e. The first-order valence-electron chi connectivity index (χ1n) is 6.41. The Kier molecular flexibility index (Phi) is 4.72. The fourth-order valence-corrected chi connectivity index (χ4v) is 1.94. The molecule has 1 heterocycles. The van der Waals surface area contributed by atoms with E-state index in [1.165, 1.54) is 25.2 Å². The first-order chi connectivity index (χ1) is 10.0. The Labute approximate surface area is 122 Å². The van der Waals surface area contributed by atoms with E-state index in [1.807, 2.05) is 0 Å². The van der Waals surface area contributed by atoms with Crippen LogP contribution in [0.1, 0.15) is 12.5 Å². The number of hydrogen-bond donors (Lipinski definition) is 2. The minimum absolute atomic E-state index is 0.240. The molecule has 1 aliphatic heterocycles. The minimum atomic E-state index is -0.969. The van der Waals surface area contributed by atoms with E-state index in [0.717, 1.165) is 5.56 Å². The molecular weight excluding hydrogens is 272 g/mol. The maximum absolute atomic E-state index is 12.7. The van der Waals surface area contributed by atoms with Gasteiger partial charge in [0.15, 0.2) is 0 Å². The van der Waals surface area contributed by atoms with Gasteiger partial charge in [-0.25, -0.2) is 4.39 Å². The van der Waals surface area contributed by atoms with E-state index < -0.39 is 18.9 Å². The van der Waals surface area contributed by atoms with Gasteiger partial charge in [-0.2, -0.15) is 0 Å². The molecule has 0 fully saturated rings. The molecule has 0 unspecified atom stereocenters. The second-order valence-corrected chi connectivity index (χ2v) is 4.61. The quantitative estimate of drug-likeness (QED) is 0.504. The Hall–Kier alpha value is -2.18. The van der Waals surface area contributed by atoms with Crippen molar-refractivity contribution in [2.45, 2.75) is 13.5 Å². The Morgan fingerprint density at radius 1 is 1.52 bits per heavy atom. The molecule has 0 radical (unpaired) electrons. The number of allylic oxidation sites excluding steroid dienone is 3. The molecule has 0 saturated carbocycles. The van der Waals surface area contributed by atoms with Crippen LogP contribution in [0.2, 0.25) is 0 Å². The van der Waals surface area contributed by atoms with E-state index in [9.17, 15) is 14.2 Å². The SMILES string of the molecule is C=CC(=CC=C(C)F)C(=O)Nc1ccc2c(c1)B(O)OC2. The molecule has 0 aromatic heterocycles. The third-order valence-electron chi connectivity index (χ3n) is 3.04. The van der Waals surface area contributed by atoms with Crippen molar-refractivity contribution in [2.75, 3.05) is 5.32 Å². The van der Waals surface area contributed by atoms with Crippen LogP contribution in [0.15, 0.2) is 54.4 Å². The van der Waals surface area contributed by atoms with Gasteiger partial charge >= 0.3 is 7.12 Å². The molecule has 0 saturated heterocycles. The van der Waals surface area contributed by atoms with Gasteiger partial charge in [-0.3, -0.25) is 4.79 Å². The van der Waals surface area contributed by atoms with Crippen LogP contribution in [-0.4, -0.2) is 18.0 Å². The van der Waals surface area contributed by atoms with E-state index in [0.29, 0.717) is 17.8 Å². The fourth-order valence-electron chi connectivity index (χ4n) is 1.94. The number of hydrogen-bond acceptors (Lipinski definition) is 3. The molecule has 1 aromatic carbocycles. The first kappa shape index (κ1) is 15.2. The Morgan fingerprint density at radius 3 is 2.95 bits per heavy atom. The van der Waals surface area contributed by atoms with Gasteiger partial charge in [-0.15, -0.1) is 0 Å². The van der Waals surface area contributed by atoms with Gasteiger partial charge in [0.2, 0.25) is 0 Å². The molecule has 6 heteroatoms. The van der Waals surface area contributed by atoms with Gasteiger partial charge in [0.25, 0.3) is 5.91 Å². The normalized spacial score (nSPS) is 14.9. The maximum atomic E-state index is 12.7. The number of carbonyl (C=O) groups is 1. The van der Waals surface area contributed by atoms with Crippen LogP contribution in [0.5, 0.6) is 0 Å². The highest BCUT2D eigenvalue weighted by Crippen LogP contribution is 2.15. The average Bonchev–Trinajstić information content (AvgIpc) is 2.80. The monoisotopic (exact) mass is 287 g/mol.